The van der Waals surface area contributed by atoms with Crippen LogP contribution in [0.25, 0.3) is 0 Å². The predicted molar refractivity (Wildman–Crippen MR) is 107 cm³/mol. The van der Waals surface area contributed by atoms with Crippen LogP contribution < -0.4 is 24.8 Å². The van der Waals surface area contributed by atoms with E-state index in [1.807, 2.05) is 25.1 Å². The number of methoxy groups -OCH3 is 1. The zero-order valence-electron chi connectivity index (χ0n) is 17.0. The number of pyridine rings is 1. The normalized spacial score (nSPS) is 12.8. The first-order valence-corrected chi connectivity index (χ1v) is 9.19. The lowest BCUT2D eigenvalue weighted by molar-refractivity contribution is -0.154. The lowest BCUT2D eigenvalue weighted by Gasteiger charge is -2.18. The molecule has 10 heteroatoms. The summed E-state index contributed by atoms with van der Waals surface area (Å²) in [6, 6.07) is 10.4. The monoisotopic (exact) mass is 426 g/mol. The van der Waals surface area contributed by atoms with Crippen molar-refractivity contribution in [2.24, 2.45) is 4.99 Å². The van der Waals surface area contributed by atoms with Crippen LogP contribution in [-0.4, -0.2) is 50.5 Å². The Hall–Kier alpha value is -3.17. The third-order valence-electron chi connectivity index (χ3n) is 3.80. The van der Waals surface area contributed by atoms with E-state index in [0.717, 1.165) is 5.56 Å². The first kappa shape index (κ1) is 23.1. The van der Waals surface area contributed by atoms with E-state index in [0.29, 0.717) is 30.5 Å². The molecule has 0 fully saturated rings. The van der Waals surface area contributed by atoms with Crippen LogP contribution in [0.5, 0.6) is 17.4 Å². The van der Waals surface area contributed by atoms with Gasteiger partial charge in [-0.1, -0.05) is 12.1 Å². The second-order valence-electron chi connectivity index (χ2n) is 6.32. The molecule has 0 radical (unpaired) electrons. The van der Waals surface area contributed by atoms with E-state index in [4.69, 9.17) is 9.47 Å². The average Bonchev–Trinajstić information content (AvgIpc) is 2.72. The minimum atomic E-state index is -4.40. The van der Waals surface area contributed by atoms with Gasteiger partial charge in [0.25, 0.3) is 0 Å². The molecule has 0 aliphatic heterocycles. The summed E-state index contributed by atoms with van der Waals surface area (Å²) in [4.78, 5) is 8.00. The summed E-state index contributed by atoms with van der Waals surface area (Å²) in [7, 11) is 3.23. The quantitative estimate of drug-likeness (QED) is 0.474. The Labute approximate surface area is 173 Å². The molecular weight excluding hydrogens is 401 g/mol. The zero-order valence-corrected chi connectivity index (χ0v) is 17.0. The van der Waals surface area contributed by atoms with Crippen molar-refractivity contribution in [3.8, 4) is 17.4 Å². The van der Waals surface area contributed by atoms with Crippen LogP contribution in [0.1, 0.15) is 12.5 Å². The van der Waals surface area contributed by atoms with E-state index in [-0.39, 0.29) is 12.0 Å². The molecule has 2 N–H and O–H groups in total. The fourth-order valence-corrected chi connectivity index (χ4v) is 2.35. The number of hydrogen-bond donors (Lipinski definition) is 2. The average molecular weight is 426 g/mol. The molecule has 2 rings (SSSR count). The molecule has 1 atom stereocenters. The fourth-order valence-electron chi connectivity index (χ4n) is 2.35. The third kappa shape index (κ3) is 8.46. The van der Waals surface area contributed by atoms with Gasteiger partial charge in [0.15, 0.2) is 12.6 Å². The number of nitrogens with zero attached hydrogens (tertiary/aromatic N) is 2. The van der Waals surface area contributed by atoms with Gasteiger partial charge in [0.1, 0.15) is 17.6 Å². The maximum atomic E-state index is 12.2. The van der Waals surface area contributed by atoms with Gasteiger partial charge < -0.3 is 24.8 Å². The molecule has 0 aliphatic carbocycles. The second kappa shape index (κ2) is 11.1. The van der Waals surface area contributed by atoms with Crippen molar-refractivity contribution in [3.63, 3.8) is 0 Å². The summed E-state index contributed by atoms with van der Waals surface area (Å²) in [6.07, 6.45) is -3.09. The third-order valence-corrected chi connectivity index (χ3v) is 3.80. The molecule has 0 aliphatic rings. The van der Waals surface area contributed by atoms with Crippen molar-refractivity contribution in [2.45, 2.75) is 25.7 Å². The van der Waals surface area contributed by atoms with Gasteiger partial charge in [-0.2, -0.15) is 13.2 Å². The number of aliphatic imine (C=N–C) groups is 1. The number of guanidine groups is 1. The minimum Gasteiger partial charge on any atom is -0.497 e. The highest BCUT2D eigenvalue weighted by atomic mass is 19.4. The topological polar surface area (TPSA) is 77.0 Å². The highest BCUT2D eigenvalue weighted by molar-refractivity contribution is 5.79. The Bertz CT molecular complexity index is 814. The molecule has 7 nitrogen and oxygen atoms in total. The molecule has 0 saturated heterocycles. The number of benzene rings is 1. The summed E-state index contributed by atoms with van der Waals surface area (Å²) < 4.78 is 52.1. The van der Waals surface area contributed by atoms with Gasteiger partial charge in [0.2, 0.25) is 5.88 Å². The van der Waals surface area contributed by atoms with Crippen molar-refractivity contribution in [1.29, 1.82) is 0 Å². The molecule has 0 saturated carbocycles. The lowest BCUT2D eigenvalue weighted by Crippen LogP contribution is -2.41. The van der Waals surface area contributed by atoms with Crippen molar-refractivity contribution < 1.29 is 27.4 Å². The van der Waals surface area contributed by atoms with Crippen LogP contribution in [-0.2, 0) is 6.54 Å². The first-order chi connectivity index (χ1) is 14.3. The molecule has 0 bridgehead atoms. The van der Waals surface area contributed by atoms with Gasteiger partial charge in [-0.05, 0) is 24.6 Å². The van der Waals surface area contributed by atoms with Crippen LogP contribution >= 0.6 is 0 Å². The molecule has 1 aromatic carbocycles. The molecule has 30 heavy (non-hydrogen) atoms. The zero-order chi connectivity index (χ0) is 22.0. The number of aromatic nitrogens is 1. The van der Waals surface area contributed by atoms with Crippen molar-refractivity contribution >= 4 is 5.96 Å². The maximum absolute atomic E-state index is 12.2. The smallest absolute Gasteiger partial charge is 0.422 e. The Morgan fingerprint density at radius 1 is 1.17 bits per heavy atom. The minimum absolute atomic E-state index is 0.0814. The van der Waals surface area contributed by atoms with E-state index in [9.17, 15) is 13.2 Å². The van der Waals surface area contributed by atoms with Crippen LogP contribution in [0.2, 0.25) is 0 Å². The molecule has 0 spiro atoms. The summed E-state index contributed by atoms with van der Waals surface area (Å²) in [5.41, 5.74) is 0.762. The van der Waals surface area contributed by atoms with Gasteiger partial charge in [0, 0.05) is 31.9 Å². The number of hydrogen-bond acceptors (Lipinski definition) is 5. The van der Waals surface area contributed by atoms with E-state index in [2.05, 4.69) is 25.3 Å². The number of rotatable bonds is 9. The largest absolute Gasteiger partial charge is 0.497 e. The van der Waals surface area contributed by atoms with E-state index < -0.39 is 12.8 Å². The highest BCUT2D eigenvalue weighted by Gasteiger charge is 2.28. The summed E-state index contributed by atoms with van der Waals surface area (Å²) in [6.45, 7) is 1.43. The van der Waals surface area contributed by atoms with E-state index in [1.54, 1.807) is 26.3 Å². The van der Waals surface area contributed by atoms with Crippen LogP contribution in [0.15, 0.2) is 47.6 Å². The van der Waals surface area contributed by atoms with Gasteiger partial charge >= 0.3 is 6.18 Å². The fraction of sp³-hybridized carbons (Fsp3) is 0.400. The predicted octanol–water partition coefficient (Wildman–Crippen LogP) is 3.16. The van der Waals surface area contributed by atoms with Crippen molar-refractivity contribution in [1.82, 2.24) is 15.6 Å². The van der Waals surface area contributed by atoms with E-state index >= 15 is 0 Å². The Morgan fingerprint density at radius 3 is 2.57 bits per heavy atom. The molecular formula is C20H25F3N4O3. The molecule has 1 unspecified atom stereocenters. The van der Waals surface area contributed by atoms with Gasteiger partial charge in [-0.15, -0.1) is 0 Å². The number of alkyl halides is 3. The first-order valence-electron chi connectivity index (χ1n) is 9.19. The van der Waals surface area contributed by atoms with Gasteiger partial charge in [0.05, 0.1) is 13.7 Å². The molecule has 1 aromatic heterocycles. The van der Waals surface area contributed by atoms with Gasteiger partial charge in [-0.25, -0.2) is 4.98 Å². The second-order valence-corrected chi connectivity index (χ2v) is 6.32. The number of nitrogens with one attached hydrogen (secondary N) is 2. The van der Waals surface area contributed by atoms with Crippen LogP contribution in [0, 0.1) is 0 Å². The molecule has 2 aromatic rings. The summed E-state index contributed by atoms with van der Waals surface area (Å²) in [5.74, 6) is 1.88. The van der Waals surface area contributed by atoms with Crippen LogP contribution in [0.4, 0.5) is 13.2 Å². The Kier molecular flexibility index (Phi) is 8.57. The van der Waals surface area contributed by atoms with Crippen molar-refractivity contribution in [3.05, 3.63) is 48.2 Å². The maximum Gasteiger partial charge on any atom is 0.422 e. The standard InChI is InChI=1S/C20H25F3N4O3/c1-14(30-17-6-4-5-16(9-17)28-3)10-26-19(24-2)27-12-15-7-8-18(25-11-15)29-13-20(21,22)23/h4-9,11,14H,10,12-13H2,1-3H3,(H2,24,26,27). The molecule has 1 heterocycles. The SMILES string of the molecule is CN=C(NCc1ccc(OCC(F)(F)F)nc1)NCC(C)Oc1cccc(OC)c1. The van der Waals surface area contributed by atoms with Crippen LogP contribution in [0.3, 0.4) is 0 Å². The van der Waals surface area contributed by atoms with E-state index in [1.165, 1.54) is 12.3 Å². The summed E-state index contributed by atoms with van der Waals surface area (Å²) >= 11 is 0. The lowest BCUT2D eigenvalue weighted by atomic mass is 10.3. The molecule has 164 valence electrons. The number of halogens is 3. The highest BCUT2D eigenvalue weighted by Crippen LogP contribution is 2.20. The van der Waals surface area contributed by atoms with Crippen molar-refractivity contribution in [2.75, 3.05) is 27.3 Å². The number of ether oxygens (including phenoxy) is 3. The van der Waals surface area contributed by atoms with Gasteiger partial charge in [-0.3, -0.25) is 4.99 Å². The molecule has 0 amide bonds. The Morgan fingerprint density at radius 2 is 1.93 bits per heavy atom. The Balaban J connectivity index is 1.76. The summed E-state index contributed by atoms with van der Waals surface area (Å²) in [5, 5.41) is 6.25.